The molecule has 0 saturated heterocycles. The maximum Gasteiger partial charge on any atom is 0.228 e. The molecule has 0 spiro atoms. The quantitative estimate of drug-likeness (QED) is 0.580. The van der Waals surface area contributed by atoms with Crippen molar-refractivity contribution in [2.45, 2.75) is 26.2 Å². The van der Waals surface area contributed by atoms with Crippen molar-refractivity contribution in [1.29, 1.82) is 5.26 Å². The van der Waals surface area contributed by atoms with E-state index in [-0.39, 0.29) is 24.1 Å². The van der Waals surface area contributed by atoms with E-state index < -0.39 is 0 Å². The molecule has 2 aromatic carbocycles. The zero-order chi connectivity index (χ0) is 20.8. The molecular weight excluding hydrogens is 366 g/mol. The SMILES string of the molecule is CC(C)CC(C(=O)NCC#N)c1cccc(-c2ccc(-c3oncc3O)cc2)c1. The molecule has 0 bridgehead atoms. The largest absolute Gasteiger partial charge is 0.503 e. The van der Waals surface area contributed by atoms with E-state index in [1.54, 1.807) is 0 Å². The molecule has 1 amide bonds. The van der Waals surface area contributed by atoms with Gasteiger partial charge >= 0.3 is 0 Å². The molecule has 0 saturated carbocycles. The number of carbonyl (C=O) groups is 1. The Kier molecular flexibility index (Phi) is 6.30. The Labute approximate surface area is 169 Å². The summed E-state index contributed by atoms with van der Waals surface area (Å²) in [5.41, 5.74) is 3.62. The summed E-state index contributed by atoms with van der Waals surface area (Å²) < 4.78 is 5.07. The van der Waals surface area contributed by atoms with Crippen LogP contribution in [0.4, 0.5) is 0 Å². The number of nitrogens with zero attached hydrogens (tertiary/aromatic N) is 2. The van der Waals surface area contributed by atoms with Crippen molar-refractivity contribution in [3.05, 3.63) is 60.3 Å². The minimum atomic E-state index is -0.311. The van der Waals surface area contributed by atoms with Crippen LogP contribution in [-0.4, -0.2) is 22.7 Å². The minimum absolute atomic E-state index is 0.000318. The van der Waals surface area contributed by atoms with E-state index in [2.05, 4.69) is 24.3 Å². The highest BCUT2D eigenvalue weighted by atomic mass is 16.5. The molecule has 1 unspecified atom stereocenters. The van der Waals surface area contributed by atoms with E-state index in [1.807, 2.05) is 54.6 Å². The molecule has 0 radical (unpaired) electrons. The van der Waals surface area contributed by atoms with E-state index in [1.165, 1.54) is 6.20 Å². The lowest BCUT2D eigenvalue weighted by atomic mass is 9.88. The van der Waals surface area contributed by atoms with Gasteiger partial charge in [0.05, 0.1) is 12.0 Å². The van der Waals surface area contributed by atoms with Crippen molar-refractivity contribution in [2.24, 2.45) is 5.92 Å². The van der Waals surface area contributed by atoms with Gasteiger partial charge in [-0.05, 0) is 29.0 Å². The van der Waals surface area contributed by atoms with Crippen LogP contribution in [0, 0.1) is 17.2 Å². The lowest BCUT2D eigenvalue weighted by Crippen LogP contribution is -2.30. The topological polar surface area (TPSA) is 99.2 Å². The summed E-state index contributed by atoms with van der Waals surface area (Å²) in [6, 6.07) is 17.4. The van der Waals surface area contributed by atoms with Crippen LogP contribution in [0.5, 0.6) is 5.75 Å². The number of carbonyl (C=O) groups excluding carboxylic acids is 1. The van der Waals surface area contributed by atoms with Gasteiger partial charge in [0.1, 0.15) is 12.7 Å². The second-order valence-corrected chi connectivity index (χ2v) is 7.30. The monoisotopic (exact) mass is 389 g/mol. The van der Waals surface area contributed by atoms with Crippen molar-refractivity contribution in [2.75, 3.05) is 6.54 Å². The summed E-state index contributed by atoms with van der Waals surface area (Å²) in [6.07, 6.45) is 1.96. The number of hydrogen-bond acceptors (Lipinski definition) is 5. The minimum Gasteiger partial charge on any atom is -0.503 e. The van der Waals surface area contributed by atoms with Crippen molar-refractivity contribution in [1.82, 2.24) is 10.5 Å². The maximum absolute atomic E-state index is 12.6. The standard InChI is InChI=1S/C23H23N3O3/c1-15(2)12-20(23(28)25-11-10-24)19-5-3-4-18(13-19)16-6-8-17(9-7-16)22-21(27)14-26-29-22/h3-9,13-15,20,27H,11-12H2,1-2H3,(H,25,28). The molecule has 0 aliphatic heterocycles. The Balaban J connectivity index is 1.88. The van der Waals surface area contributed by atoms with Gasteiger partial charge in [-0.3, -0.25) is 4.79 Å². The highest BCUT2D eigenvalue weighted by molar-refractivity contribution is 5.84. The summed E-state index contributed by atoms with van der Waals surface area (Å²) >= 11 is 0. The summed E-state index contributed by atoms with van der Waals surface area (Å²) in [5.74, 6) is 0.226. The van der Waals surface area contributed by atoms with E-state index in [9.17, 15) is 9.90 Å². The van der Waals surface area contributed by atoms with Gasteiger partial charge in [0.2, 0.25) is 11.7 Å². The Bertz CT molecular complexity index is 1020. The van der Waals surface area contributed by atoms with Gasteiger partial charge in [-0.25, -0.2) is 0 Å². The van der Waals surface area contributed by atoms with Crippen molar-refractivity contribution in [3.8, 4) is 34.3 Å². The van der Waals surface area contributed by atoms with Crippen LogP contribution in [0.25, 0.3) is 22.5 Å². The van der Waals surface area contributed by atoms with Crippen LogP contribution in [0.2, 0.25) is 0 Å². The number of hydrogen-bond donors (Lipinski definition) is 2. The zero-order valence-corrected chi connectivity index (χ0v) is 16.4. The molecule has 1 heterocycles. The lowest BCUT2D eigenvalue weighted by Gasteiger charge is -2.19. The van der Waals surface area contributed by atoms with E-state index in [0.717, 1.165) is 22.3 Å². The first kappa shape index (κ1) is 20.2. The third-order valence-electron chi connectivity index (χ3n) is 4.69. The number of rotatable bonds is 7. The molecule has 1 atom stereocenters. The van der Waals surface area contributed by atoms with Crippen molar-refractivity contribution >= 4 is 5.91 Å². The molecule has 2 N–H and O–H groups in total. The van der Waals surface area contributed by atoms with Crippen molar-refractivity contribution < 1.29 is 14.4 Å². The molecule has 3 rings (SSSR count). The predicted molar refractivity (Wildman–Crippen MR) is 110 cm³/mol. The predicted octanol–water partition coefficient (Wildman–Crippen LogP) is 4.48. The third-order valence-corrected chi connectivity index (χ3v) is 4.69. The van der Waals surface area contributed by atoms with Crippen LogP contribution < -0.4 is 5.32 Å². The molecule has 0 aliphatic carbocycles. The Morgan fingerprint density at radius 3 is 2.52 bits per heavy atom. The third kappa shape index (κ3) is 4.82. The second kappa shape index (κ2) is 9.07. The average Bonchev–Trinajstić information content (AvgIpc) is 3.16. The number of amides is 1. The van der Waals surface area contributed by atoms with Gasteiger partial charge in [0, 0.05) is 5.56 Å². The summed E-state index contributed by atoms with van der Waals surface area (Å²) in [7, 11) is 0. The first-order valence-corrected chi connectivity index (χ1v) is 9.48. The fraction of sp³-hybridized carbons (Fsp3) is 0.261. The number of benzene rings is 2. The second-order valence-electron chi connectivity index (χ2n) is 7.30. The smallest absolute Gasteiger partial charge is 0.228 e. The highest BCUT2D eigenvalue weighted by Gasteiger charge is 2.22. The van der Waals surface area contributed by atoms with Gasteiger partial charge in [0.25, 0.3) is 0 Å². The molecule has 6 nitrogen and oxygen atoms in total. The molecule has 0 fully saturated rings. The van der Waals surface area contributed by atoms with Gasteiger partial charge in [-0.2, -0.15) is 5.26 Å². The number of aromatic nitrogens is 1. The first-order valence-electron chi connectivity index (χ1n) is 9.48. The van der Waals surface area contributed by atoms with E-state index in [0.29, 0.717) is 18.1 Å². The molecule has 0 aliphatic rings. The van der Waals surface area contributed by atoms with E-state index >= 15 is 0 Å². The summed E-state index contributed by atoms with van der Waals surface area (Å²) in [5, 5.41) is 24.8. The normalized spacial score (nSPS) is 11.8. The molecule has 148 valence electrons. The fourth-order valence-corrected chi connectivity index (χ4v) is 3.30. The summed E-state index contributed by atoms with van der Waals surface area (Å²) in [4.78, 5) is 12.6. The summed E-state index contributed by atoms with van der Waals surface area (Å²) in [6.45, 7) is 4.15. The molecule has 1 aromatic heterocycles. The Morgan fingerprint density at radius 2 is 1.90 bits per heavy atom. The average molecular weight is 389 g/mol. The lowest BCUT2D eigenvalue weighted by molar-refractivity contribution is -0.122. The van der Waals surface area contributed by atoms with E-state index in [4.69, 9.17) is 9.78 Å². The van der Waals surface area contributed by atoms with Gasteiger partial charge in [-0.15, -0.1) is 0 Å². The van der Waals surface area contributed by atoms with Gasteiger partial charge in [0.15, 0.2) is 5.75 Å². The zero-order valence-electron chi connectivity index (χ0n) is 16.4. The Hall–Kier alpha value is -3.59. The molecule has 3 aromatic rings. The molecule has 29 heavy (non-hydrogen) atoms. The maximum atomic E-state index is 12.6. The van der Waals surface area contributed by atoms with Gasteiger partial charge < -0.3 is 14.9 Å². The van der Waals surface area contributed by atoms with Crippen LogP contribution in [0.15, 0.2) is 59.3 Å². The van der Waals surface area contributed by atoms with Gasteiger partial charge in [-0.1, -0.05) is 67.5 Å². The number of aromatic hydroxyl groups is 1. The molecular formula is C23H23N3O3. The van der Waals surface area contributed by atoms with Crippen molar-refractivity contribution in [3.63, 3.8) is 0 Å². The van der Waals surface area contributed by atoms with Crippen LogP contribution in [-0.2, 0) is 4.79 Å². The van der Waals surface area contributed by atoms with Crippen LogP contribution in [0.1, 0.15) is 31.7 Å². The highest BCUT2D eigenvalue weighted by Crippen LogP contribution is 2.32. The Morgan fingerprint density at radius 1 is 1.17 bits per heavy atom. The molecule has 6 heteroatoms. The number of nitrogens with one attached hydrogen (secondary N) is 1. The number of nitriles is 1. The fourth-order valence-electron chi connectivity index (χ4n) is 3.30. The van der Waals surface area contributed by atoms with Crippen LogP contribution >= 0.6 is 0 Å². The first-order chi connectivity index (χ1) is 14.0. The van der Waals surface area contributed by atoms with Crippen LogP contribution in [0.3, 0.4) is 0 Å².